The second-order valence-electron chi connectivity index (χ2n) is 6.98. The Labute approximate surface area is 137 Å². The lowest BCUT2D eigenvalue weighted by atomic mass is 9.84. The van der Waals surface area contributed by atoms with Gasteiger partial charge in [-0.1, -0.05) is 19.8 Å². The molecule has 1 N–H and O–H groups in total. The van der Waals surface area contributed by atoms with E-state index in [2.05, 4.69) is 51.8 Å². The van der Waals surface area contributed by atoms with Crippen LogP contribution < -0.4 is 5.32 Å². The summed E-state index contributed by atoms with van der Waals surface area (Å²) in [6, 6.07) is 0.597. The van der Waals surface area contributed by atoms with Crippen LogP contribution in [0.5, 0.6) is 0 Å². The number of rotatable bonds is 5. The molecule has 0 unspecified atom stereocenters. The van der Waals surface area contributed by atoms with E-state index in [0.717, 1.165) is 13.1 Å². The second kappa shape index (κ2) is 7.61. The predicted molar refractivity (Wildman–Crippen MR) is 96.8 cm³/mol. The largest absolute Gasteiger partial charge is 0.314 e. The molecule has 22 heavy (non-hydrogen) atoms. The normalized spacial score (nSPS) is 17.7. The van der Waals surface area contributed by atoms with Crippen LogP contribution in [0.3, 0.4) is 0 Å². The number of benzene rings is 1. The lowest BCUT2D eigenvalue weighted by Gasteiger charge is -2.38. The minimum atomic E-state index is 0.597. The van der Waals surface area contributed by atoms with Crippen LogP contribution in [-0.4, -0.2) is 31.1 Å². The summed E-state index contributed by atoms with van der Waals surface area (Å²) in [4.78, 5) is 2.72. The highest BCUT2D eigenvalue weighted by atomic mass is 15.2. The van der Waals surface area contributed by atoms with E-state index in [9.17, 15) is 0 Å². The van der Waals surface area contributed by atoms with Gasteiger partial charge in [-0.3, -0.25) is 4.90 Å². The molecule has 1 aliphatic rings. The minimum Gasteiger partial charge on any atom is -0.314 e. The van der Waals surface area contributed by atoms with Gasteiger partial charge >= 0.3 is 0 Å². The Kier molecular flexibility index (Phi) is 6.05. The SMILES string of the molecule is CCCC[C@@H](c1c(C)c(C)c(C)c(C)c1C)N1CCNCC1. The van der Waals surface area contributed by atoms with Crippen molar-refractivity contribution >= 4 is 0 Å². The van der Waals surface area contributed by atoms with E-state index in [0.29, 0.717) is 6.04 Å². The van der Waals surface area contributed by atoms with Crippen molar-refractivity contribution in [3.63, 3.8) is 0 Å². The van der Waals surface area contributed by atoms with Crippen molar-refractivity contribution in [1.82, 2.24) is 10.2 Å². The molecule has 2 nitrogen and oxygen atoms in total. The summed E-state index contributed by atoms with van der Waals surface area (Å²) in [7, 11) is 0. The number of hydrogen-bond acceptors (Lipinski definition) is 2. The number of nitrogens with one attached hydrogen (secondary N) is 1. The molecule has 124 valence electrons. The molecule has 0 amide bonds. The van der Waals surface area contributed by atoms with Gasteiger partial charge in [-0.05, 0) is 74.4 Å². The average molecular weight is 303 g/mol. The van der Waals surface area contributed by atoms with Crippen LogP contribution in [0.1, 0.15) is 65.6 Å². The second-order valence-corrected chi connectivity index (χ2v) is 6.98. The first-order valence-corrected chi connectivity index (χ1v) is 9.00. The van der Waals surface area contributed by atoms with Gasteiger partial charge in [0.05, 0.1) is 0 Å². The highest BCUT2D eigenvalue weighted by Gasteiger charge is 2.26. The van der Waals surface area contributed by atoms with E-state index in [1.807, 2.05) is 0 Å². The smallest absolute Gasteiger partial charge is 0.0354 e. The molecule has 1 atom stereocenters. The van der Waals surface area contributed by atoms with Gasteiger partial charge in [0.15, 0.2) is 0 Å². The standard InChI is InChI=1S/C20H34N2/c1-7-8-9-19(22-12-10-21-11-13-22)20-17(5)15(3)14(2)16(4)18(20)6/h19,21H,7-13H2,1-6H3/t19-/m0/s1. The van der Waals surface area contributed by atoms with Crippen LogP contribution in [0.2, 0.25) is 0 Å². The average Bonchev–Trinajstić information content (AvgIpc) is 2.55. The van der Waals surface area contributed by atoms with E-state index in [1.165, 1.54) is 60.2 Å². The summed E-state index contributed by atoms with van der Waals surface area (Å²) in [6.07, 6.45) is 3.89. The predicted octanol–water partition coefficient (Wildman–Crippen LogP) is 4.37. The third kappa shape index (κ3) is 3.38. The molecule has 1 aliphatic heterocycles. The van der Waals surface area contributed by atoms with E-state index in [1.54, 1.807) is 5.56 Å². The van der Waals surface area contributed by atoms with E-state index >= 15 is 0 Å². The number of piperazine rings is 1. The molecular formula is C20H34N2. The first-order chi connectivity index (χ1) is 10.5. The minimum absolute atomic E-state index is 0.597. The molecule has 1 saturated heterocycles. The third-order valence-electron chi connectivity index (χ3n) is 5.81. The Hall–Kier alpha value is -0.860. The highest BCUT2D eigenvalue weighted by Crippen LogP contribution is 2.36. The van der Waals surface area contributed by atoms with Crippen molar-refractivity contribution < 1.29 is 0 Å². The van der Waals surface area contributed by atoms with Gasteiger partial charge in [-0.15, -0.1) is 0 Å². The first-order valence-electron chi connectivity index (χ1n) is 9.00. The summed E-state index contributed by atoms with van der Waals surface area (Å²) >= 11 is 0. The van der Waals surface area contributed by atoms with Crippen molar-refractivity contribution in [2.75, 3.05) is 26.2 Å². The topological polar surface area (TPSA) is 15.3 Å². The molecule has 1 heterocycles. The molecule has 0 bridgehead atoms. The van der Waals surface area contributed by atoms with E-state index in [-0.39, 0.29) is 0 Å². The van der Waals surface area contributed by atoms with E-state index in [4.69, 9.17) is 0 Å². The zero-order valence-corrected chi connectivity index (χ0v) is 15.5. The van der Waals surface area contributed by atoms with Crippen LogP contribution in [0.25, 0.3) is 0 Å². The van der Waals surface area contributed by atoms with Crippen molar-refractivity contribution in [3.05, 3.63) is 33.4 Å². The zero-order valence-electron chi connectivity index (χ0n) is 15.5. The summed E-state index contributed by atoms with van der Waals surface area (Å²) in [6.45, 7) is 18.5. The van der Waals surface area contributed by atoms with Crippen molar-refractivity contribution in [1.29, 1.82) is 0 Å². The molecule has 0 saturated carbocycles. The van der Waals surface area contributed by atoms with Crippen LogP contribution in [-0.2, 0) is 0 Å². The number of hydrogen-bond donors (Lipinski definition) is 1. The number of nitrogens with zero attached hydrogens (tertiary/aromatic N) is 1. The molecule has 2 heteroatoms. The first kappa shape index (κ1) is 17.5. The van der Waals surface area contributed by atoms with Gasteiger partial charge in [0.1, 0.15) is 0 Å². The van der Waals surface area contributed by atoms with Gasteiger partial charge in [0, 0.05) is 32.2 Å². The zero-order chi connectivity index (χ0) is 16.3. The summed E-state index contributed by atoms with van der Waals surface area (Å²) in [5.41, 5.74) is 9.15. The van der Waals surface area contributed by atoms with Crippen LogP contribution in [0.15, 0.2) is 0 Å². The molecular weight excluding hydrogens is 268 g/mol. The lowest BCUT2D eigenvalue weighted by Crippen LogP contribution is -2.45. The Morgan fingerprint density at radius 3 is 1.86 bits per heavy atom. The number of unbranched alkanes of at least 4 members (excludes halogenated alkanes) is 1. The monoisotopic (exact) mass is 302 g/mol. The summed E-state index contributed by atoms with van der Waals surface area (Å²) in [5.74, 6) is 0. The van der Waals surface area contributed by atoms with Gasteiger partial charge in [0.2, 0.25) is 0 Å². The molecule has 1 fully saturated rings. The van der Waals surface area contributed by atoms with Crippen molar-refractivity contribution in [2.45, 2.75) is 66.8 Å². The fraction of sp³-hybridized carbons (Fsp3) is 0.700. The molecule has 0 aliphatic carbocycles. The van der Waals surface area contributed by atoms with Crippen molar-refractivity contribution in [3.8, 4) is 0 Å². The highest BCUT2D eigenvalue weighted by molar-refractivity contribution is 5.50. The van der Waals surface area contributed by atoms with Gasteiger partial charge < -0.3 is 5.32 Å². The molecule has 0 spiro atoms. The molecule has 1 aromatic rings. The van der Waals surface area contributed by atoms with Crippen molar-refractivity contribution in [2.24, 2.45) is 0 Å². The Morgan fingerprint density at radius 2 is 1.36 bits per heavy atom. The summed E-state index contributed by atoms with van der Waals surface area (Å²) in [5, 5.41) is 3.50. The van der Waals surface area contributed by atoms with Crippen LogP contribution in [0.4, 0.5) is 0 Å². The fourth-order valence-electron chi connectivity index (χ4n) is 3.93. The van der Waals surface area contributed by atoms with Gasteiger partial charge in [-0.2, -0.15) is 0 Å². The Bertz CT molecular complexity index is 484. The van der Waals surface area contributed by atoms with Crippen LogP contribution in [0, 0.1) is 34.6 Å². The summed E-state index contributed by atoms with van der Waals surface area (Å²) < 4.78 is 0. The maximum atomic E-state index is 3.50. The maximum Gasteiger partial charge on any atom is 0.0354 e. The van der Waals surface area contributed by atoms with Gasteiger partial charge in [0.25, 0.3) is 0 Å². The Balaban J connectivity index is 2.46. The molecule has 0 aromatic heterocycles. The van der Waals surface area contributed by atoms with E-state index < -0.39 is 0 Å². The maximum absolute atomic E-state index is 3.50. The molecule has 0 radical (unpaired) electrons. The molecule has 1 aromatic carbocycles. The quantitative estimate of drug-likeness (QED) is 0.869. The van der Waals surface area contributed by atoms with Gasteiger partial charge in [-0.25, -0.2) is 0 Å². The third-order valence-corrected chi connectivity index (χ3v) is 5.81. The molecule has 2 rings (SSSR count). The lowest BCUT2D eigenvalue weighted by molar-refractivity contribution is 0.162. The Morgan fingerprint density at radius 1 is 0.864 bits per heavy atom. The fourth-order valence-corrected chi connectivity index (χ4v) is 3.93. The van der Waals surface area contributed by atoms with Crippen LogP contribution >= 0.6 is 0 Å².